The molecule has 2 N–H and O–H groups in total. The summed E-state index contributed by atoms with van der Waals surface area (Å²) < 4.78 is 16.2. The van der Waals surface area contributed by atoms with Gasteiger partial charge in [-0.1, -0.05) is 25.1 Å². The van der Waals surface area contributed by atoms with Crippen LogP contribution in [0, 0.1) is 5.82 Å². The number of benzene rings is 1. The van der Waals surface area contributed by atoms with E-state index >= 15 is 0 Å². The van der Waals surface area contributed by atoms with Crippen LogP contribution < -0.4 is 5.73 Å². The normalized spacial score (nSPS) is 18.2. The van der Waals surface area contributed by atoms with Crippen LogP contribution in [0.5, 0.6) is 0 Å². The summed E-state index contributed by atoms with van der Waals surface area (Å²) in [6.07, 6.45) is 2.53. The molecule has 0 spiro atoms. The van der Waals surface area contributed by atoms with Crippen LogP contribution in [0.3, 0.4) is 0 Å². The van der Waals surface area contributed by atoms with Gasteiger partial charge in [0.05, 0.1) is 12.6 Å². The molecule has 1 aromatic carbocycles. The highest BCUT2D eigenvalue weighted by Gasteiger charge is 2.31. The molecular formula is C15H20FN5. The Kier molecular flexibility index (Phi) is 3.98. The van der Waals surface area contributed by atoms with Crippen molar-refractivity contribution in [3.63, 3.8) is 0 Å². The second-order valence-electron chi connectivity index (χ2n) is 5.45. The molecule has 6 heteroatoms. The maximum Gasteiger partial charge on any atom is 0.147 e. The molecule has 1 aliphatic rings. The van der Waals surface area contributed by atoms with Crippen molar-refractivity contribution in [2.75, 3.05) is 6.54 Å². The van der Waals surface area contributed by atoms with E-state index in [2.05, 4.69) is 15.1 Å². The number of hydrogen-bond donors (Lipinski definition) is 1. The van der Waals surface area contributed by atoms with E-state index in [1.54, 1.807) is 12.4 Å². The van der Waals surface area contributed by atoms with E-state index in [-0.39, 0.29) is 17.9 Å². The van der Waals surface area contributed by atoms with Gasteiger partial charge in [-0.25, -0.2) is 4.39 Å². The third-order valence-corrected chi connectivity index (χ3v) is 4.16. The number of rotatable bonds is 4. The minimum atomic E-state index is -0.196. The first-order chi connectivity index (χ1) is 10.2. The topological polar surface area (TPSA) is 60.0 Å². The fourth-order valence-electron chi connectivity index (χ4n) is 2.96. The second kappa shape index (κ2) is 5.91. The molecular weight excluding hydrogens is 269 g/mol. The van der Waals surface area contributed by atoms with Gasteiger partial charge < -0.3 is 10.3 Å². The van der Waals surface area contributed by atoms with Gasteiger partial charge in [0.2, 0.25) is 0 Å². The van der Waals surface area contributed by atoms with Gasteiger partial charge >= 0.3 is 0 Å². The fourth-order valence-corrected chi connectivity index (χ4v) is 2.96. The zero-order chi connectivity index (χ0) is 14.8. The van der Waals surface area contributed by atoms with Crippen LogP contribution in [0.4, 0.5) is 4.39 Å². The largest absolute Gasteiger partial charge is 0.326 e. The summed E-state index contributed by atoms with van der Waals surface area (Å²) in [5, 5.41) is 8.06. The molecule has 2 unspecified atom stereocenters. The molecule has 0 saturated heterocycles. The SMILES string of the molecule is CCC(N)C(c1ccccc1F)N1CCn2cnnc2C1. The zero-order valence-corrected chi connectivity index (χ0v) is 12.1. The van der Waals surface area contributed by atoms with Crippen molar-refractivity contribution in [1.29, 1.82) is 0 Å². The minimum Gasteiger partial charge on any atom is -0.326 e. The van der Waals surface area contributed by atoms with Crippen LogP contribution in [0.15, 0.2) is 30.6 Å². The van der Waals surface area contributed by atoms with E-state index in [0.717, 1.165) is 25.3 Å². The Morgan fingerprint density at radius 1 is 1.33 bits per heavy atom. The average molecular weight is 289 g/mol. The van der Waals surface area contributed by atoms with Crippen molar-refractivity contribution >= 4 is 0 Å². The smallest absolute Gasteiger partial charge is 0.147 e. The molecule has 0 saturated carbocycles. The molecule has 0 aliphatic carbocycles. The fraction of sp³-hybridized carbons (Fsp3) is 0.467. The van der Waals surface area contributed by atoms with Gasteiger partial charge in [0, 0.05) is 24.7 Å². The number of hydrogen-bond acceptors (Lipinski definition) is 4. The molecule has 1 aromatic heterocycles. The molecule has 2 heterocycles. The first-order valence-electron chi connectivity index (χ1n) is 7.31. The summed E-state index contributed by atoms with van der Waals surface area (Å²) in [6, 6.07) is 6.64. The molecule has 21 heavy (non-hydrogen) atoms. The van der Waals surface area contributed by atoms with E-state index in [4.69, 9.17) is 5.73 Å². The van der Waals surface area contributed by atoms with Gasteiger partial charge in [0.15, 0.2) is 0 Å². The van der Waals surface area contributed by atoms with Crippen molar-refractivity contribution in [1.82, 2.24) is 19.7 Å². The third kappa shape index (κ3) is 2.69. The lowest BCUT2D eigenvalue weighted by atomic mass is 9.95. The molecule has 0 radical (unpaired) electrons. The monoisotopic (exact) mass is 289 g/mol. The number of fused-ring (bicyclic) bond motifs is 1. The average Bonchev–Trinajstić information content (AvgIpc) is 2.97. The Morgan fingerprint density at radius 3 is 2.90 bits per heavy atom. The summed E-state index contributed by atoms with van der Waals surface area (Å²) in [5.41, 5.74) is 6.96. The summed E-state index contributed by atoms with van der Waals surface area (Å²) >= 11 is 0. The van der Waals surface area contributed by atoms with Crippen molar-refractivity contribution < 1.29 is 4.39 Å². The molecule has 0 amide bonds. The van der Waals surface area contributed by atoms with Crippen LogP contribution >= 0.6 is 0 Å². The molecule has 2 aromatic rings. The van der Waals surface area contributed by atoms with Gasteiger partial charge in [0.25, 0.3) is 0 Å². The Bertz CT molecular complexity index is 612. The highest BCUT2D eigenvalue weighted by molar-refractivity contribution is 5.23. The standard InChI is InChI=1S/C15H20FN5/c1-2-13(17)15(11-5-3-4-6-12(11)16)20-7-8-21-10-18-19-14(21)9-20/h3-6,10,13,15H,2,7-9,17H2,1H3. The third-order valence-electron chi connectivity index (χ3n) is 4.16. The number of halogens is 1. The van der Waals surface area contributed by atoms with Gasteiger partial charge in [-0.2, -0.15) is 0 Å². The number of aromatic nitrogens is 3. The molecule has 3 rings (SSSR count). The Labute approximate surface area is 123 Å². The highest BCUT2D eigenvalue weighted by atomic mass is 19.1. The molecule has 0 bridgehead atoms. The Balaban J connectivity index is 1.92. The number of nitrogens with zero attached hydrogens (tertiary/aromatic N) is 4. The number of nitrogens with two attached hydrogens (primary N) is 1. The summed E-state index contributed by atoms with van der Waals surface area (Å²) in [7, 11) is 0. The highest BCUT2D eigenvalue weighted by Crippen LogP contribution is 2.29. The lowest BCUT2D eigenvalue weighted by Gasteiger charge is -2.37. The van der Waals surface area contributed by atoms with Crippen LogP contribution in [-0.2, 0) is 13.1 Å². The van der Waals surface area contributed by atoms with Crippen LogP contribution in [-0.4, -0.2) is 32.3 Å². The minimum absolute atomic E-state index is 0.114. The van der Waals surface area contributed by atoms with E-state index in [0.29, 0.717) is 12.1 Å². The van der Waals surface area contributed by atoms with E-state index in [1.165, 1.54) is 6.07 Å². The summed E-state index contributed by atoms with van der Waals surface area (Å²) in [5.74, 6) is 0.712. The van der Waals surface area contributed by atoms with Crippen molar-refractivity contribution in [2.45, 2.75) is 38.5 Å². The Hall–Kier alpha value is -1.79. The second-order valence-corrected chi connectivity index (χ2v) is 5.45. The summed E-state index contributed by atoms with van der Waals surface area (Å²) in [6.45, 7) is 4.30. The quantitative estimate of drug-likeness (QED) is 0.931. The first-order valence-corrected chi connectivity index (χ1v) is 7.31. The van der Waals surface area contributed by atoms with Crippen molar-refractivity contribution in [3.05, 3.63) is 47.8 Å². The summed E-state index contributed by atoms with van der Waals surface area (Å²) in [4.78, 5) is 2.20. The van der Waals surface area contributed by atoms with E-state index in [1.807, 2.05) is 23.6 Å². The lowest BCUT2D eigenvalue weighted by Crippen LogP contribution is -2.44. The van der Waals surface area contributed by atoms with Gasteiger partial charge in [-0.3, -0.25) is 4.90 Å². The zero-order valence-electron chi connectivity index (χ0n) is 12.1. The van der Waals surface area contributed by atoms with Crippen LogP contribution in [0.2, 0.25) is 0 Å². The predicted molar refractivity (Wildman–Crippen MR) is 77.8 cm³/mol. The van der Waals surface area contributed by atoms with Gasteiger partial charge in [-0.15, -0.1) is 10.2 Å². The van der Waals surface area contributed by atoms with Crippen molar-refractivity contribution in [3.8, 4) is 0 Å². The molecule has 2 atom stereocenters. The molecule has 0 fully saturated rings. The van der Waals surface area contributed by atoms with Gasteiger partial charge in [-0.05, 0) is 12.5 Å². The first kappa shape index (κ1) is 14.2. The predicted octanol–water partition coefficient (Wildman–Crippen LogP) is 1.71. The maximum absolute atomic E-state index is 14.2. The molecule has 1 aliphatic heterocycles. The lowest BCUT2D eigenvalue weighted by molar-refractivity contribution is 0.127. The molecule has 112 valence electrons. The van der Waals surface area contributed by atoms with E-state index in [9.17, 15) is 4.39 Å². The maximum atomic E-state index is 14.2. The van der Waals surface area contributed by atoms with Crippen LogP contribution in [0.25, 0.3) is 0 Å². The Morgan fingerprint density at radius 2 is 2.14 bits per heavy atom. The van der Waals surface area contributed by atoms with Gasteiger partial charge in [0.1, 0.15) is 18.0 Å². The molecule has 5 nitrogen and oxygen atoms in total. The van der Waals surface area contributed by atoms with Crippen molar-refractivity contribution in [2.24, 2.45) is 5.73 Å². The van der Waals surface area contributed by atoms with Crippen LogP contribution in [0.1, 0.15) is 30.8 Å². The van der Waals surface area contributed by atoms with E-state index < -0.39 is 0 Å².